The van der Waals surface area contributed by atoms with E-state index in [1.165, 1.54) is 0 Å². The van der Waals surface area contributed by atoms with Gasteiger partial charge in [-0.15, -0.1) is 0 Å². The number of amidine groups is 1. The van der Waals surface area contributed by atoms with E-state index in [1.54, 1.807) is 30.3 Å². The van der Waals surface area contributed by atoms with Gasteiger partial charge in [0.1, 0.15) is 11.6 Å². The summed E-state index contributed by atoms with van der Waals surface area (Å²) in [6.45, 7) is 7.18. The van der Waals surface area contributed by atoms with Gasteiger partial charge in [0.15, 0.2) is 6.04 Å². The van der Waals surface area contributed by atoms with Crippen molar-refractivity contribution in [2.75, 3.05) is 45.2 Å². The first-order chi connectivity index (χ1) is 14.9. The molecule has 1 atom stereocenters. The third-order valence-corrected chi connectivity index (χ3v) is 5.39. The first-order valence-electron chi connectivity index (χ1n) is 10.5. The van der Waals surface area contributed by atoms with Gasteiger partial charge in [-0.05, 0) is 61.5 Å². The lowest BCUT2D eigenvalue weighted by molar-refractivity contribution is -0.138. The van der Waals surface area contributed by atoms with Crippen molar-refractivity contribution in [2.24, 2.45) is 5.73 Å². The third kappa shape index (κ3) is 6.19. The number of benzene rings is 2. The van der Waals surface area contributed by atoms with E-state index in [-0.39, 0.29) is 5.84 Å². The molecule has 8 heteroatoms. The first kappa shape index (κ1) is 22.6. The van der Waals surface area contributed by atoms with Gasteiger partial charge in [0.2, 0.25) is 0 Å². The molecule has 1 heterocycles. The maximum atomic E-state index is 12.1. The largest absolute Gasteiger partial charge is 0.494 e. The van der Waals surface area contributed by atoms with Crippen molar-refractivity contribution in [3.05, 3.63) is 59.2 Å². The predicted molar refractivity (Wildman–Crippen MR) is 122 cm³/mol. The third-order valence-electron chi connectivity index (χ3n) is 5.39. The molecular weight excluding hydrogens is 394 g/mol. The van der Waals surface area contributed by atoms with Gasteiger partial charge < -0.3 is 25.8 Å². The number of hydrogen-bond donors (Lipinski definition) is 4. The number of carboxylic acid groups (broad SMARTS) is 1. The molecule has 0 aromatic heterocycles. The molecule has 1 aliphatic rings. The first-order valence-corrected chi connectivity index (χ1v) is 10.5. The Morgan fingerprint density at radius 3 is 2.45 bits per heavy atom. The summed E-state index contributed by atoms with van der Waals surface area (Å²) >= 11 is 0. The highest BCUT2D eigenvalue weighted by atomic mass is 16.5. The van der Waals surface area contributed by atoms with Crippen LogP contribution in [0.1, 0.15) is 29.7 Å². The van der Waals surface area contributed by atoms with Gasteiger partial charge in [-0.2, -0.15) is 0 Å². The molecule has 1 fully saturated rings. The summed E-state index contributed by atoms with van der Waals surface area (Å²) in [6.07, 6.45) is 0. The van der Waals surface area contributed by atoms with E-state index in [0.717, 1.165) is 38.3 Å². The van der Waals surface area contributed by atoms with Crippen LogP contribution in [0.5, 0.6) is 5.75 Å². The molecule has 0 radical (unpaired) electrons. The average Bonchev–Trinajstić information content (AvgIpc) is 2.74. The Morgan fingerprint density at radius 1 is 1.19 bits per heavy atom. The summed E-state index contributed by atoms with van der Waals surface area (Å²) in [4.78, 5) is 16.8. The second kappa shape index (κ2) is 10.3. The second-order valence-electron chi connectivity index (χ2n) is 7.83. The molecular formula is C23H31N5O3. The molecule has 1 saturated heterocycles. The molecule has 0 saturated carbocycles. The van der Waals surface area contributed by atoms with Gasteiger partial charge in [-0.25, -0.2) is 4.79 Å². The summed E-state index contributed by atoms with van der Waals surface area (Å²) in [7, 11) is 2.12. The van der Waals surface area contributed by atoms with E-state index in [2.05, 4.69) is 22.2 Å². The summed E-state index contributed by atoms with van der Waals surface area (Å²) in [5.41, 5.74) is 8.40. The fraction of sp³-hybridized carbons (Fsp3) is 0.391. The van der Waals surface area contributed by atoms with Crippen LogP contribution >= 0.6 is 0 Å². The van der Waals surface area contributed by atoms with Gasteiger partial charge in [-0.3, -0.25) is 10.3 Å². The van der Waals surface area contributed by atoms with Gasteiger partial charge in [-0.1, -0.05) is 6.07 Å². The number of aliphatic carboxylic acids is 1. The summed E-state index contributed by atoms with van der Waals surface area (Å²) in [5, 5.41) is 20.5. The molecule has 8 nitrogen and oxygen atoms in total. The van der Waals surface area contributed by atoms with Gasteiger partial charge in [0.05, 0.1) is 6.61 Å². The lowest BCUT2D eigenvalue weighted by atomic mass is 10.0. The average molecular weight is 426 g/mol. The number of hydrogen-bond acceptors (Lipinski definition) is 6. The Morgan fingerprint density at radius 2 is 1.87 bits per heavy atom. The van der Waals surface area contributed by atoms with Gasteiger partial charge in [0.25, 0.3) is 0 Å². The molecule has 166 valence electrons. The lowest BCUT2D eigenvalue weighted by Gasteiger charge is -2.32. The van der Waals surface area contributed by atoms with Crippen molar-refractivity contribution in [3.63, 3.8) is 0 Å². The molecule has 1 unspecified atom stereocenters. The SMILES string of the molecule is CCOc1cc(CN2CCN(C)CC2)cc(C(Nc2ccc(C(=N)N)cc2)C(=O)O)c1. The summed E-state index contributed by atoms with van der Waals surface area (Å²) < 4.78 is 5.73. The Kier molecular flexibility index (Phi) is 7.49. The number of anilines is 1. The Bertz CT molecular complexity index is 908. The van der Waals surface area contributed by atoms with Crippen LogP contribution in [0.4, 0.5) is 5.69 Å². The monoisotopic (exact) mass is 425 g/mol. The highest BCUT2D eigenvalue weighted by Crippen LogP contribution is 2.27. The predicted octanol–water partition coefficient (Wildman–Crippen LogP) is 2.35. The second-order valence-corrected chi connectivity index (χ2v) is 7.83. The number of ether oxygens (including phenoxy) is 1. The number of rotatable bonds is 9. The molecule has 2 aromatic rings. The minimum atomic E-state index is -0.977. The van der Waals surface area contributed by atoms with E-state index >= 15 is 0 Å². The van der Waals surface area contributed by atoms with Crippen LogP contribution in [0, 0.1) is 5.41 Å². The molecule has 3 rings (SSSR count). The van der Waals surface area contributed by atoms with Crippen LogP contribution in [-0.4, -0.2) is 66.5 Å². The molecule has 0 aliphatic carbocycles. The van der Waals surface area contributed by atoms with E-state index in [9.17, 15) is 9.90 Å². The maximum Gasteiger partial charge on any atom is 0.330 e. The topological polar surface area (TPSA) is 115 Å². The number of likely N-dealkylation sites (N-methyl/N-ethyl adjacent to an activating group) is 1. The zero-order valence-corrected chi connectivity index (χ0v) is 18.1. The van der Waals surface area contributed by atoms with Crippen molar-refractivity contribution in [1.29, 1.82) is 5.41 Å². The number of nitrogens with one attached hydrogen (secondary N) is 2. The van der Waals surface area contributed by atoms with E-state index < -0.39 is 12.0 Å². The molecule has 2 aromatic carbocycles. The molecule has 31 heavy (non-hydrogen) atoms. The fourth-order valence-electron chi connectivity index (χ4n) is 3.66. The lowest BCUT2D eigenvalue weighted by Crippen LogP contribution is -2.43. The van der Waals surface area contributed by atoms with Crippen LogP contribution in [-0.2, 0) is 11.3 Å². The molecule has 1 aliphatic heterocycles. The summed E-state index contributed by atoms with van der Waals surface area (Å²) in [6, 6.07) is 11.6. The quantitative estimate of drug-likeness (QED) is 0.360. The van der Waals surface area contributed by atoms with Crippen molar-refractivity contribution in [1.82, 2.24) is 9.80 Å². The number of carbonyl (C=O) groups is 1. The maximum absolute atomic E-state index is 12.1. The van der Waals surface area contributed by atoms with E-state index in [4.69, 9.17) is 15.9 Å². The minimum Gasteiger partial charge on any atom is -0.494 e. The van der Waals surface area contributed by atoms with Crippen molar-refractivity contribution < 1.29 is 14.6 Å². The van der Waals surface area contributed by atoms with Crippen molar-refractivity contribution in [2.45, 2.75) is 19.5 Å². The molecule has 0 amide bonds. The number of nitrogens with zero attached hydrogens (tertiary/aromatic N) is 2. The Balaban J connectivity index is 1.84. The van der Waals surface area contributed by atoms with E-state index in [1.807, 2.05) is 19.1 Å². The van der Waals surface area contributed by atoms with Gasteiger partial charge in [0, 0.05) is 44.0 Å². The van der Waals surface area contributed by atoms with Crippen LogP contribution in [0.2, 0.25) is 0 Å². The number of nitrogen functional groups attached to an aromatic ring is 1. The van der Waals surface area contributed by atoms with Crippen LogP contribution in [0.15, 0.2) is 42.5 Å². The minimum absolute atomic E-state index is 0.0284. The molecule has 5 N–H and O–H groups in total. The van der Waals surface area contributed by atoms with Crippen molar-refractivity contribution in [3.8, 4) is 5.75 Å². The zero-order chi connectivity index (χ0) is 22.4. The van der Waals surface area contributed by atoms with Crippen LogP contribution in [0.25, 0.3) is 0 Å². The van der Waals surface area contributed by atoms with Crippen LogP contribution < -0.4 is 15.8 Å². The molecule has 0 spiro atoms. The highest BCUT2D eigenvalue weighted by molar-refractivity contribution is 5.95. The Labute approximate surface area is 183 Å². The van der Waals surface area contributed by atoms with Crippen molar-refractivity contribution >= 4 is 17.5 Å². The molecule has 0 bridgehead atoms. The number of carboxylic acids is 1. The number of nitrogens with two attached hydrogens (primary N) is 1. The Hall–Kier alpha value is -3.10. The number of piperazine rings is 1. The highest BCUT2D eigenvalue weighted by Gasteiger charge is 2.22. The zero-order valence-electron chi connectivity index (χ0n) is 18.1. The van der Waals surface area contributed by atoms with E-state index in [0.29, 0.717) is 29.2 Å². The van der Waals surface area contributed by atoms with Crippen LogP contribution in [0.3, 0.4) is 0 Å². The fourth-order valence-corrected chi connectivity index (χ4v) is 3.66. The standard InChI is InChI=1S/C23H31N5O3/c1-3-31-20-13-16(15-28-10-8-27(2)9-11-28)12-18(14-20)21(23(29)30)26-19-6-4-17(5-7-19)22(24)25/h4-7,12-14,21,26H,3,8-11,15H2,1-2H3,(H3,24,25)(H,29,30). The smallest absolute Gasteiger partial charge is 0.330 e. The van der Waals surface area contributed by atoms with Gasteiger partial charge >= 0.3 is 5.97 Å². The summed E-state index contributed by atoms with van der Waals surface area (Å²) in [5.74, 6) is -0.335. The normalized spacial score (nSPS) is 15.9.